The largest absolute Gasteiger partial charge is 0.381 e. The molecule has 0 aliphatic carbocycles. The monoisotopic (exact) mass is 289 g/mol. The van der Waals surface area contributed by atoms with E-state index in [4.69, 9.17) is 21.6 Å². The third-order valence-electron chi connectivity index (χ3n) is 3.88. The van der Waals surface area contributed by atoms with Gasteiger partial charge in [0, 0.05) is 19.8 Å². The summed E-state index contributed by atoms with van der Waals surface area (Å²) in [5, 5.41) is 9.16. The maximum Gasteiger partial charge on any atom is 0.124 e. The molecule has 5 heteroatoms. The summed E-state index contributed by atoms with van der Waals surface area (Å²) in [5.74, 6) is 1.82. The number of alkyl halides is 1. The molecule has 3 rings (SSSR count). The van der Waals surface area contributed by atoms with E-state index in [1.165, 1.54) is 0 Å². The van der Waals surface area contributed by atoms with Gasteiger partial charge in [-0.15, -0.1) is 11.6 Å². The first-order valence-corrected chi connectivity index (χ1v) is 7.39. The summed E-state index contributed by atoms with van der Waals surface area (Å²) in [5.41, 5.74) is 2.36. The van der Waals surface area contributed by atoms with Gasteiger partial charge in [-0.1, -0.05) is 6.07 Å². The molecule has 4 nitrogen and oxygen atoms in total. The summed E-state index contributed by atoms with van der Waals surface area (Å²) in [6.45, 7) is 2.60. The highest BCUT2D eigenvalue weighted by atomic mass is 35.5. The van der Waals surface area contributed by atoms with Gasteiger partial charge in [0.2, 0.25) is 0 Å². The summed E-state index contributed by atoms with van der Waals surface area (Å²) in [6.07, 6.45) is 2.19. The normalized spacial score (nSPS) is 18.5. The molecule has 1 saturated heterocycles. The van der Waals surface area contributed by atoms with Gasteiger partial charge in [-0.2, -0.15) is 5.26 Å². The fourth-order valence-corrected chi connectivity index (χ4v) is 2.96. The number of rotatable bonds is 4. The molecule has 0 saturated carbocycles. The molecule has 0 spiro atoms. The third-order valence-corrected chi connectivity index (χ3v) is 4.12. The fourth-order valence-electron chi connectivity index (χ4n) is 2.76. The number of fused-ring (bicyclic) bond motifs is 1. The predicted octanol–water partition coefficient (Wildman–Crippen LogP) is 3.07. The molecular weight excluding hydrogens is 274 g/mol. The van der Waals surface area contributed by atoms with Crippen molar-refractivity contribution in [2.45, 2.75) is 25.3 Å². The van der Waals surface area contributed by atoms with Gasteiger partial charge < -0.3 is 9.30 Å². The average Bonchev–Trinajstić information content (AvgIpc) is 3.11. The molecule has 104 valence electrons. The highest BCUT2D eigenvalue weighted by Crippen LogP contribution is 2.23. The second kappa shape index (κ2) is 5.82. The number of hydrogen-bond acceptors (Lipinski definition) is 3. The number of aryl methyl sites for hydroxylation is 1. The number of para-hydroxylation sites is 1. The predicted molar refractivity (Wildman–Crippen MR) is 77.5 cm³/mol. The molecule has 0 amide bonds. The Kier molecular flexibility index (Phi) is 3.90. The van der Waals surface area contributed by atoms with E-state index in [-0.39, 0.29) is 0 Å². The van der Waals surface area contributed by atoms with Gasteiger partial charge in [-0.3, -0.25) is 0 Å². The molecule has 1 aliphatic heterocycles. The number of benzene rings is 1. The van der Waals surface area contributed by atoms with E-state index in [1.807, 2.05) is 12.1 Å². The van der Waals surface area contributed by atoms with Gasteiger partial charge in [-0.25, -0.2) is 4.98 Å². The van der Waals surface area contributed by atoms with Crippen molar-refractivity contribution in [3.63, 3.8) is 0 Å². The van der Waals surface area contributed by atoms with E-state index in [1.54, 1.807) is 6.07 Å². The maximum absolute atomic E-state index is 9.16. The van der Waals surface area contributed by atoms with Gasteiger partial charge in [0.15, 0.2) is 0 Å². The maximum atomic E-state index is 9.16. The lowest BCUT2D eigenvalue weighted by atomic mass is 10.1. The summed E-state index contributed by atoms with van der Waals surface area (Å²) in [6, 6.07) is 7.89. The Balaban J connectivity index is 1.93. The van der Waals surface area contributed by atoms with Crippen LogP contribution >= 0.6 is 11.6 Å². The summed E-state index contributed by atoms with van der Waals surface area (Å²) >= 11 is 6.00. The van der Waals surface area contributed by atoms with E-state index < -0.39 is 0 Å². The van der Waals surface area contributed by atoms with E-state index in [9.17, 15) is 0 Å². The van der Waals surface area contributed by atoms with Gasteiger partial charge in [0.25, 0.3) is 0 Å². The Morgan fingerprint density at radius 2 is 2.40 bits per heavy atom. The summed E-state index contributed by atoms with van der Waals surface area (Å²) in [4.78, 5) is 4.52. The molecular formula is C15H16ClN3O. The minimum atomic E-state index is 0.362. The van der Waals surface area contributed by atoms with Gasteiger partial charge in [0.05, 0.1) is 17.0 Å². The van der Waals surface area contributed by atoms with Crippen LogP contribution in [0.25, 0.3) is 11.0 Å². The first-order chi connectivity index (χ1) is 9.83. The number of nitrogens with zero attached hydrogens (tertiary/aromatic N) is 3. The van der Waals surface area contributed by atoms with Gasteiger partial charge in [0.1, 0.15) is 17.4 Å². The van der Waals surface area contributed by atoms with Crippen molar-refractivity contribution in [3.8, 4) is 6.07 Å². The van der Waals surface area contributed by atoms with Crippen molar-refractivity contribution in [2.24, 2.45) is 5.92 Å². The van der Waals surface area contributed by atoms with Crippen molar-refractivity contribution >= 4 is 22.6 Å². The smallest absolute Gasteiger partial charge is 0.124 e. The van der Waals surface area contributed by atoms with Crippen LogP contribution in [-0.2, 0) is 17.2 Å². The standard InChI is InChI=1S/C15H16ClN3O/c16-8-14-18-15-12(9-17)2-1-3-13(15)19(14)6-4-11-5-7-20-10-11/h1-3,11H,4-8,10H2. The van der Waals surface area contributed by atoms with Crippen LogP contribution in [0.15, 0.2) is 18.2 Å². The third kappa shape index (κ3) is 2.39. The van der Waals surface area contributed by atoms with E-state index >= 15 is 0 Å². The summed E-state index contributed by atoms with van der Waals surface area (Å²) in [7, 11) is 0. The fraction of sp³-hybridized carbons (Fsp3) is 0.467. The number of aromatic nitrogens is 2. The molecule has 0 bridgehead atoms. The van der Waals surface area contributed by atoms with Gasteiger partial charge >= 0.3 is 0 Å². The molecule has 1 aromatic heterocycles. The average molecular weight is 290 g/mol. The van der Waals surface area contributed by atoms with Gasteiger partial charge in [-0.05, 0) is 30.9 Å². The van der Waals surface area contributed by atoms with Crippen molar-refractivity contribution in [3.05, 3.63) is 29.6 Å². The van der Waals surface area contributed by atoms with Crippen LogP contribution in [0.5, 0.6) is 0 Å². The minimum absolute atomic E-state index is 0.362. The topological polar surface area (TPSA) is 50.8 Å². The highest BCUT2D eigenvalue weighted by Gasteiger charge is 2.18. The van der Waals surface area contributed by atoms with Crippen LogP contribution < -0.4 is 0 Å². The zero-order valence-electron chi connectivity index (χ0n) is 11.2. The molecule has 1 atom stereocenters. The molecule has 2 heterocycles. The lowest BCUT2D eigenvalue weighted by Gasteiger charge is -2.11. The molecule has 0 N–H and O–H groups in total. The molecule has 1 aliphatic rings. The Morgan fingerprint density at radius 3 is 3.10 bits per heavy atom. The van der Waals surface area contributed by atoms with Crippen molar-refractivity contribution in [1.82, 2.24) is 9.55 Å². The molecule has 20 heavy (non-hydrogen) atoms. The Labute approximate surface area is 122 Å². The Bertz CT molecular complexity index is 653. The van der Waals surface area contributed by atoms with Crippen LogP contribution in [0.3, 0.4) is 0 Å². The summed E-state index contributed by atoms with van der Waals surface area (Å²) < 4.78 is 7.55. The Morgan fingerprint density at radius 1 is 1.50 bits per heavy atom. The zero-order valence-corrected chi connectivity index (χ0v) is 11.9. The molecule has 0 radical (unpaired) electrons. The molecule has 1 aromatic carbocycles. The Hall–Kier alpha value is -1.57. The van der Waals surface area contributed by atoms with Crippen molar-refractivity contribution < 1.29 is 4.74 Å². The van der Waals surface area contributed by atoms with E-state index in [0.717, 1.165) is 49.5 Å². The van der Waals surface area contributed by atoms with E-state index in [0.29, 0.717) is 17.4 Å². The van der Waals surface area contributed by atoms with Crippen LogP contribution in [0.2, 0.25) is 0 Å². The van der Waals surface area contributed by atoms with E-state index in [2.05, 4.69) is 15.6 Å². The van der Waals surface area contributed by atoms with Crippen LogP contribution in [0.1, 0.15) is 24.2 Å². The van der Waals surface area contributed by atoms with Crippen LogP contribution in [0.4, 0.5) is 0 Å². The molecule has 2 aromatic rings. The van der Waals surface area contributed by atoms with Crippen molar-refractivity contribution in [1.29, 1.82) is 5.26 Å². The first kappa shape index (κ1) is 13.4. The lowest BCUT2D eigenvalue weighted by Crippen LogP contribution is -2.08. The molecule has 1 fully saturated rings. The second-order valence-electron chi connectivity index (χ2n) is 5.12. The number of nitriles is 1. The second-order valence-corrected chi connectivity index (χ2v) is 5.38. The minimum Gasteiger partial charge on any atom is -0.381 e. The SMILES string of the molecule is N#Cc1cccc2c1nc(CCl)n2CCC1CCOC1. The van der Waals surface area contributed by atoms with Crippen molar-refractivity contribution in [2.75, 3.05) is 13.2 Å². The number of ether oxygens (including phenoxy) is 1. The van der Waals surface area contributed by atoms with Crippen LogP contribution in [-0.4, -0.2) is 22.8 Å². The number of halogens is 1. The number of imidazole rings is 1. The number of hydrogen-bond donors (Lipinski definition) is 0. The lowest BCUT2D eigenvalue weighted by molar-refractivity contribution is 0.183. The van der Waals surface area contributed by atoms with Crippen LogP contribution in [0, 0.1) is 17.2 Å². The molecule has 1 unspecified atom stereocenters. The quantitative estimate of drug-likeness (QED) is 0.813. The highest BCUT2D eigenvalue weighted by molar-refractivity contribution is 6.16. The first-order valence-electron chi connectivity index (χ1n) is 6.85. The zero-order chi connectivity index (χ0) is 13.9.